The highest BCUT2D eigenvalue weighted by Gasteiger charge is 2.30. The van der Waals surface area contributed by atoms with E-state index in [1.807, 2.05) is 42.7 Å². The van der Waals surface area contributed by atoms with Gasteiger partial charge in [-0.25, -0.2) is 8.42 Å². The molecule has 0 aliphatic carbocycles. The molecule has 2 aromatic carbocycles. The van der Waals surface area contributed by atoms with Crippen molar-refractivity contribution in [1.82, 2.24) is 5.32 Å². The van der Waals surface area contributed by atoms with Gasteiger partial charge in [0.2, 0.25) is 10.0 Å². The van der Waals surface area contributed by atoms with Crippen LogP contribution in [-0.4, -0.2) is 27.1 Å². The van der Waals surface area contributed by atoms with Gasteiger partial charge in [-0.15, -0.1) is 0 Å². The number of anilines is 1. The van der Waals surface area contributed by atoms with Crippen molar-refractivity contribution in [3.63, 3.8) is 0 Å². The number of benzene rings is 2. The van der Waals surface area contributed by atoms with Crippen molar-refractivity contribution in [2.45, 2.75) is 6.17 Å². The van der Waals surface area contributed by atoms with E-state index < -0.39 is 10.0 Å². The Morgan fingerprint density at radius 2 is 1.73 bits per heavy atom. The van der Waals surface area contributed by atoms with E-state index in [1.54, 1.807) is 12.1 Å². The topological polar surface area (TPSA) is 70.6 Å². The van der Waals surface area contributed by atoms with Crippen molar-refractivity contribution in [2.24, 2.45) is 10.9 Å². The van der Waals surface area contributed by atoms with Crippen molar-refractivity contribution < 1.29 is 8.42 Å². The van der Waals surface area contributed by atoms with Crippen LogP contribution in [0.5, 0.6) is 0 Å². The largest absolute Gasteiger partial charge is 0.369 e. The van der Waals surface area contributed by atoms with Gasteiger partial charge in [0.05, 0.1) is 6.26 Å². The zero-order valence-electron chi connectivity index (χ0n) is 14.3. The molecule has 2 aromatic rings. The predicted molar refractivity (Wildman–Crippen MR) is 106 cm³/mol. The first-order valence-electron chi connectivity index (χ1n) is 8.34. The zero-order chi connectivity index (χ0) is 18.1. The monoisotopic (exact) mass is 365 g/mol. The molecular weight excluding hydrogens is 346 g/mol. The van der Waals surface area contributed by atoms with Crippen LogP contribution in [0.25, 0.3) is 11.1 Å². The van der Waals surface area contributed by atoms with E-state index >= 15 is 0 Å². The van der Waals surface area contributed by atoms with Crippen LogP contribution in [-0.2, 0) is 10.0 Å². The molecule has 0 radical (unpaired) electrons. The first kappa shape index (κ1) is 16.6. The highest BCUT2D eigenvalue weighted by atomic mass is 32.2. The highest BCUT2D eigenvalue weighted by Crippen LogP contribution is 2.36. The van der Waals surface area contributed by atoms with E-state index in [2.05, 4.69) is 33.2 Å². The molecule has 5 nitrogen and oxygen atoms in total. The van der Waals surface area contributed by atoms with Crippen LogP contribution in [0.4, 0.5) is 5.69 Å². The van der Waals surface area contributed by atoms with Gasteiger partial charge >= 0.3 is 0 Å². The fourth-order valence-electron chi connectivity index (χ4n) is 3.28. The van der Waals surface area contributed by atoms with Gasteiger partial charge in [0.25, 0.3) is 0 Å². The number of sulfonamides is 1. The lowest BCUT2D eigenvalue weighted by atomic mass is 9.88. The molecule has 4 rings (SSSR count). The Kier molecular flexibility index (Phi) is 4.12. The van der Waals surface area contributed by atoms with Gasteiger partial charge in [-0.2, -0.15) is 0 Å². The molecule has 0 saturated carbocycles. The van der Waals surface area contributed by atoms with Crippen molar-refractivity contribution in [3.05, 3.63) is 78.0 Å². The van der Waals surface area contributed by atoms with Crippen LogP contribution in [0, 0.1) is 5.92 Å². The molecule has 0 saturated heterocycles. The number of aliphatic imine (C=N–C) groups is 1. The number of hydrogen-bond acceptors (Lipinski definition) is 4. The Bertz CT molecular complexity index is 1010. The van der Waals surface area contributed by atoms with Gasteiger partial charge in [0.1, 0.15) is 6.17 Å². The number of nitrogens with one attached hydrogen (secondary N) is 2. The summed E-state index contributed by atoms with van der Waals surface area (Å²) < 4.78 is 25.2. The molecular formula is C20H19N3O2S. The van der Waals surface area contributed by atoms with Gasteiger partial charge in [-0.3, -0.25) is 9.71 Å². The van der Waals surface area contributed by atoms with E-state index in [4.69, 9.17) is 0 Å². The van der Waals surface area contributed by atoms with Crippen LogP contribution in [0.15, 0.2) is 71.9 Å². The molecule has 132 valence electrons. The molecule has 0 bridgehead atoms. The second kappa shape index (κ2) is 6.46. The van der Waals surface area contributed by atoms with E-state index in [-0.39, 0.29) is 12.1 Å². The standard InChI is InChI=1S/C20H19N3O2S/c1-26(24,25)23-17-9-7-15(8-10-17)19-13-22-20-18(19)11-16(12-21-20)14-5-3-2-4-6-14/h2-13,18,20,22-23H,1H3. The Morgan fingerprint density at radius 1 is 1.00 bits per heavy atom. The molecule has 2 N–H and O–H groups in total. The van der Waals surface area contributed by atoms with Crippen LogP contribution in [0.2, 0.25) is 0 Å². The first-order chi connectivity index (χ1) is 12.5. The van der Waals surface area contributed by atoms with E-state index in [9.17, 15) is 8.42 Å². The summed E-state index contributed by atoms with van der Waals surface area (Å²) in [6.45, 7) is 0. The summed E-state index contributed by atoms with van der Waals surface area (Å²) in [6, 6.07) is 17.6. The van der Waals surface area contributed by atoms with Crippen molar-refractivity contribution >= 4 is 33.1 Å². The Labute approximate surface area is 153 Å². The summed E-state index contributed by atoms with van der Waals surface area (Å²) in [5.41, 5.74) is 5.00. The molecule has 6 heteroatoms. The van der Waals surface area contributed by atoms with Crippen LogP contribution in [0.1, 0.15) is 11.1 Å². The van der Waals surface area contributed by atoms with Gasteiger partial charge in [-0.05, 0) is 34.4 Å². The molecule has 2 aliphatic rings. The fraction of sp³-hybridized carbons (Fsp3) is 0.150. The van der Waals surface area contributed by atoms with Crippen LogP contribution < -0.4 is 10.0 Å². The van der Waals surface area contributed by atoms with Gasteiger partial charge in [0.15, 0.2) is 0 Å². The summed E-state index contributed by atoms with van der Waals surface area (Å²) >= 11 is 0. The number of allylic oxidation sites excluding steroid dienone is 1. The van der Waals surface area contributed by atoms with Gasteiger partial charge in [0, 0.05) is 24.0 Å². The van der Waals surface area contributed by atoms with Crippen LogP contribution >= 0.6 is 0 Å². The Balaban J connectivity index is 1.60. The lowest BCUT2D eigenvalue weighted by Gasteiger charge is -2.21. The zero-order valence-corrected chi connectivity index (χ0v) is 15.1. The molecule has 2 aliphatic heterocycles. The van der Waals surface area contributed by atoms with Crippen LogP contribution in [0.3, 0.4) is 0 Å². The summed E-state index contributed by atoms with van der Waals surface area (Å²) in [6.07, 6.45) is 7.30. The molecule has 2 atom stereocenters. The fourth-order valence-corrected chi connectivity index (χ4v) is 3.85. The maximum Gasteiger partial charge on any atom is 0.229 e. The van der Waals surface area contributed by atoms with Gasteiger partial charge in [-0.1, -0.05) is 48.5 Å². The Hall–Kier alpha value is -2.86. The SMILES string of the molecule is CS(=O)(=O)Nc1ccc(C2=CNC3N=CC(c4ccccc4)=CC23)cc1. The second-order valence-corrected chi connectivity index (χ2v) is 8.20. The Morgan fingerprint density at radius 3 is 2.42 bits per heavy atom. The van der Waals surface area contributed by atoms with E-state index in [0.717, 1.165) is 28.5 Å². The average molecular weight is 365 g/mol. The summed E-state index contributed by atoms with van der Waals surface area (Å²) in [5.74, 6) is 0.143. The molecule has 0 fully saturated rings. The lowest BCUT2D eigenvalue weighted by Crippen LogP contribution is -2.26. The first-order valence-corrected chi connectivity index (χ1v) is 10.2. The predicted octanol–water partition coefficient (Wildman–Crippen LogP) is 3.11. The number of nitrogens with zero attached hydrogens (tertiary/aromatic N) is 1. The second-order valence-electron chi connectivity index (χ2n) is 6.45. The minimum Gasteiger partial charge on any atom is -0.369 e. The normalized spacial score (nSPS) is 21.4. The minimum atomic E-state index is -3.27. The third-order valence-electron chi connectivity index (χ3n) is 4.47. The number of rotatable bonds is 4. The summed E-state index contributed by atoms with van der Waals surface area (Å²) in [7, 11) is -3.27. The molecule has 0 amide bonds. The van der Waals surface area contributed by atoms with Gasteiger partial charge < -0.3 is 5.32 Å². The lowest BCUT2D eigenvalue weighted by molar-refractivity contribution is 0.580. The summed E-state index contributed by atoms with van der Waals surface area (Å²) in [5, 5.41) is 3.32. The third kappa shape index (κ3) is 3.41. The molecule has 0 spiro atoms. The highest BCUT2D eigenvalue weighted by molar-refractivity contribution is 7.92. The maximum absolute atomic E-state index is 11.3. The summed E-state index contributed by atoms with van der Waals surface area (Å²) in [4.78, 5) is 4.64. The molecule has 26 heavy (non-hydrogen) atoms. The molecule has 2 heterocycles. The quantitative estimate of drug-likeness (QED) is 0.875. The third-order valence-corrected chi connectivity index (χ3v) is 5.08. The minimum absolute atomic E-state index is 0.00582. The van der Waals surface area contributed by atoms with Crippen molar-refractivity contribution in [2.75, 3.05) is 11.0 Å². The molecule has 2 unspecified atom stereocenters. The number of hydrogen-bond donors (Lipinski definition) is 2. The smallest absolute Gasteiger partial charge is 0.229 e. The number of fused-ring (bicyclic) bond motifs is 1. The average Bonchev–Trinajstić information content (AvgIpc) is 3.05. The van der Waals surface area contributed by atoms with Crippen molar-refractivity contribution in [3.8, 4) is 0 Å². The maximum atomic E-state index is 11.3. The number of dihydropyridines is 1. The van der Waals surface area contributed by atoms with Crippen molar-refractivity contribution in [1.29, 1.82) is 0 Å². The van der Waals surface area contributed by atoms with E-state index in [1.165, 1.54) is 0 Å². The molecule has 0 aromatic heterocycles. The van der Waals surface area contributed by atoms with E-state index in [0.29, 0.717) is 5.69 Å².